The van der Waals surface area contributed by atoms with E-state index in [9.17, 15) is 4.57 Å². The van der Waals surface area contributed by atoms with Gasteiger partial charge in [-0.1, -0.05) is 48.5 Å². The maximum atomic E-state index is 11.1. The number of fused-ring (bicyclic) bond motifs is 3. The van der Waals surface area contributed by atoms with Crippen LogP contribution in [0.5, 0.6) is 0 Å². The Kier molecular flexibility index (Phi) is 2.19. The van der Waals surface area contributed by atoms with Crippen molar-refractivity contribution in [3.63, 3.8) is 0 Å². The number of hydrogen-bond donors (Lipinski definition) is 0. The van der Waals surface area contributed by atoms with Gasteiger partial charge in [-0.2, -0.15) is 0 Å². The molecule has 0 heterocycles. The first-order valence-corrected chi connectivity index (χ1v) is 5.95. The Morgan fingerprint density at radius 1 is 0.688 bits per heavy atom. The maximum absolute atomic E-state index is 11.1. The van der Waals surface area contributed by atoms with E-state index in [1.54, 1.807) is 0 Å². The predicted octanol–water partition coefficient (Wildman–Crippen LogP) is 3.91. The molecule has 3 aromatic carbocycles. The highest BCUT2D eigenvalue weighted by atomic mass is 31.1. The van der Waals surface area contributed by atoms with Gasteiger partial charge in [-0.25, -0.2) is 0 Å². The van der Waals surface area contributed by atoms with E-state index in [1.807, 2.05) is 30.3 Å². The molecule has 76 valence electrons. The fraction of sp³-hybridized carbons (Fsp3) is 0. The Bertz CT molecular complexity index is 688. The van der Waals surface area contributed by atoms with Crippen LogP contribution < -0.4 is 5.30 Å². The van der Waals surface area contributed by atoms with Crippen molar-refractivity contribution in [1.29, 1.82) is 0 Å². The molecule has 0 radical (unpaired) electrons. The lowest BCUT2D eigenvalue weighted by Gasteiger charge is -2.04. The van der Waals surface area contributed by atoms with Crippen LogP contribution in [0.3, 0.4) is 0 Å². The van der Waals surface area contributed by atoms with Gasteiger partial charge in [0.15, 0.2) is 8.46 Å². The molecule has 2 heteroatoms. The quantitative estimate of drug-likeness (QED) is 0.452. The first-order valence-electron chi connectivity index (χ1n) is 5.14. The molecule has 0 bridgehead atoms. The SMILES string of the molecule is O=Pc1cccc2c1ccc1ccccc12. The molecule has 0 atom stereocenters. The Balaban J connectivity index is 2.57. The van der Waals surface area contributed by atoms with Crippen molar-refractivity contribution in [2.75, 3.05) is 0 Å². The van der Waals surface area contributed by atoms with Crippen molar-refractivity contribution in [3.05, 3.63) is 54.6 Å². The van der Waals surface area contributed by atoms with Crippen LogP contribution in [0.2, 0.25) is 0 Å². The second kappa shape index (κ2) is 3.70. The van der Waals surface area contributed by atoms with Gasteiger partial charge in [0.2, 0.25) is 0 Å². The molecule has 0 aliphatic carbocycles. The smallest absolute Gasteiger partial charge is 0.192 e. The minimum Gasteiger partial charge on any atom is -0.269 e. The van der Waals surface area contributed by atoms with Gasteiger partial charge in [0.05, 0.1) is 5.30 Å². The van der Waals surface area contributed by atoms with E-state index in [1.165, 1.54) is 16.2 Å². The van der Waals surface area contributed by atoms with E-state index in [2.05, 4.69) is 24.3 Å². The summed E-state index contributed by atoms with van der Waals surface area (Å²) in [6.45, 7) is 0. The van der Waals surface area contributed by atoms with E-state index < -0.39 is 0 Å². The molecule has 3 aromatic rings. The average molecular weight is 224 g/mol. The van der Waals surface area contributed by atoms with Crippen LogP contribution in [0.15, 0.2) is 54.6 Å². The number of hydrogen-bond acceptors (Lipinski definition) is 1. The molecular formula is C14H9OP. The van der Waals surface area contributed by atoms with E-state index in [-0.39, 0.29) is 8.46 Å². The summed E-state index contributed by atoms with van der Waals surface area (Å²) in [5.74, 6) is 0. The van der Waals surface area contributed by atoms with Gasteiger partial charge in [0, 0.05) is 0 Å². The molecule has 0 unspecified atom stereocenters. The highest BCUT2D eigenvalue weighted by molar-refractivity contribution is 7.34. The maximum Gasteiger partial charge on any atom is 0.192 e. The van der Waals surface area contributed by atoms with Crippen LogP contribution in [-0.4, -0.2) is 0 Å². The fourth-order valence-corrected chi connectivity index (χ4v) is 2.54. The van der Waals surface area contributed by atoms with Gasteiger partial charge in [-0.15, -0.1) is 0 Å². The zero-order valence-corrected chi connectivity index (χ0v) is 9.45. The van der Waals surface area contributed by atoms with E-state index in [4.69, 9.17) is 0 Å². The van der Waals surface area contributed by atoms with Crippen molar-refractivity contribution in [2.24, 2.45) is 0 Å². The molecule has 0 saturated carbocycles. The Morgan fingerprint density at radius 3 is 2.38 bits per heavy atom. The zero-order chi connectivity index (χ0) is 11.0. The molecule has 0 spiro atoms. The highest BCUT2D eigenvalue weighted by Gasteiger charge is 2.03. The van der Waals surface area contributed by atoms with Gasteiger partial charge in [-0.05, 0) is 27.6 Å². The lowest BCUT2D eigenvalue weighted by atomic mass is 10.0. The largest absolute Gasteiger partial charge is 0.269 e. The summed E-state index contributed by atoms with van der Waals surface area (Å²) in [5.41, 5.74) is 0. The molecule has 0 fully saturated rings. The van der Waals surface area contributed by atoms with Gasteiger partial charge in [0.1, 0.15) is 0 Å². The zero-order valence-electron chi connectivity index (χ0n) is 8.55. The standard InChI is InChI=1S/C14H9OP/c15-16-14-7-3-6-12-11-5-2-1-4-10(11)8-9-13(12)14/h1-9H. The normalized spacial score (nSPS) is 11.2. The molecule has 3 rings (SSSR count). The molecule has 0 aliphatic heterocycles. The fourth-order valence-electron chi connectivity index (χ4n) is 2.10. The molecule has 0 aliphatic rings. The summed E-state index contributed by atoms with van der Waals surface area (Å²) in [7, 11) is 0.0809. The lowest BCUT2D eigenvalue weighted by Crippen LogP contribution is -1.93. The lowest BCUT2D eigenvalue weighted by molar-refractivity contribution is 0.603. The van der Waals surface area contributed by atoms with Crippen LogP contribution in [-0.2, 0) is 4.57 Å². The van der Waals surface area contributed by atoms with E-state index >= 15 is 0 Å². The summed E-state index contributed by atoms with van der Waals surface area (Å²) >= 11 is 0. The Hall–Kier alpha value is -1.72. The number of benzene rings is 3. The minimum atomic E-state index is 0.0809. The van der Waals surface area contributed by atoms with Crippen LogP contribution in [0.25, 0.3) is 21.5 Å². The van der Waals surface area contributed by atoms with Gasteiger partial charge in [-0.3, -0.25) is 4.57 Å². The molecule has 1 nitrogen and oxygen atoms in total. The molecule has 0 aromatic heterocycles. The summed E-state index contributed by atoms with van der Waals surface area (Å²) in [6.07, 6.45) is 0. The van der Waals surface area contributed by atoms with Crippen molar-refractivity contribution in [2.45, 2.75) is 0 Å². The molecule has 0 N–H and O–H groups in total. The van der Waals surface area contributed by atoms with Crippen LogP contribution in [0.1, 0.15) is 0 Å². The first kappa shape index (κ1) is 9.50. The van der Waals surface area contributed by atoms with Crippen molar-refractivity contribution in [3.8, 4) is 0 Å². The minimum absolute atomic E-state index is 0.0809. The van der Waals surface area contributed by atoms with Crippen LogP contribution in [0, 0.1) is 0 Å². The third-order valence-corrected chi connectivity index (χ3v) is 3.45. The second-order valence-corrected chi connectivity index (χ2v) is 4.41. The van der Waals surface area contributed by atoms with Crippen LogP contribution in [0.4, 0.5) is 0 Å². The Morgan fingerprint density at radius 2 is 1.50 bits per heavy atom. The van der Waals surface area contributed by atoms with Gasteiger partial charge in [0.25, 0.3) is 0 Å². The Labute approximate surface area is 94.9 Å². The molecular weight excluding hydrogens is 215 g/mol. The van der Waals surface area contributed by atoms with Crippen molar-refractivity contribution < 1.29 is 4.57 Å². The third kappa shape index (κ3) is 1.33. The first-order chi connectivity index (χ1) is 7.90. The summed E-state index contributed by atoms with van der Waals surface area (Å²) in [4.78, 5) is 0. The molecule has 0 amide bonds. The van der Waals surface area contributed by atoms with Crippen molar-refractivity contribution >= 4 is 35.3 Å². The molecule has 16 heavy (non-hydrogen) atoms. The molecule has 0 saturated heterocycles. The van der Waals surface area contributed by atoms with Gasteiger partial charge >= 0.3 is 0 Å². The van der Waals surface area contributed by atoms with Crippen LogP contribution >= 0.6 is 8.46 Å². The predicted molar refractivity (Wildman–Crippen MR) is 68.7 cm³/mol. The summed E-state index contributed by atoms with van der Waals surface area (Å²) in [6, 6.07) is 18.3. The second-order valence-electron chi connectivity index (χ2n) is 3.75. The number of rotatable bonds is 1. The summed E-state index contributed by atoms with van der Waals surface area (Å²) < 4.78 is 11.1. The van der Waals surface area contributed by atoms with E-state index in [0.29, 0.717) is 0 Å². The van der Waals surface area contributed by atoms with Crippen molar-refractivity contribution in [1.82, 2.24) is 0 Å². The summed E-state index contributed by atoms with van der Waals surface area (Å²) in [5, 5.41) is 5.51. The monoisotopic (exact) mass is 224 g/mol. The van der Waals surface area contributed by atoms with Gasteiger partial charge < -0.3 is 0 Å². The average Bonchev–Trinajstić information content (AvgIpc) is 2.37. The van der Waals surface area contributed by atoms with E-state index in [0.717, 1.165) is 10.7 Å². The topological polar surface area (TPSA) is 17.1 Å². The highest BCUT2D eigenvalue weighted by Crippen LogP contribution is 2.25. The third-order valence-electron chi connectivity index (χ3n) is 2.86.